The molecule has 82 valence electrons. The zero-order chi connectivity index (χ0) is 11.5. The number of halogens is 1. The molecule has 0 aliphatic heterocycles. The van der Waals surface area contributed by atoms with Crippen molar-refractivity contribution in [3.63, 3.8) is 0 Å². The van der Waals surface area contributed by atoms with Crippen molar-refractivity contribution in [2.75, 3.05) is 0 Å². The van der Waals surface area contributed by atoms with Crippen LogP contribution in [0, 0.1) is 12.7 Å². The third-order valence-corrected chi connectivity index (χ3v) is 2.44. The van der Waals surface area contributed by atoms with Gasteiger partial charge in [-0.05, 0) is 24.6 Å². The van der Waals surface area contributed by atoms with Gasteiger partial charge in [0.1, 0.15) is 17.6 Å². The van der Waals surface area contributed by atoms with Crippen molar-refractivity contribution in [1.82, 2.24) is 4.98 Å². The Balaban J connectivity index is 2.35. The van der Waals surface area contributed by atoms with E-state index in [0.717, 1.165) is 5.56 Å². The van der Waals surface area contributed by atoms with Gasteiger partial charge in [-0.15, -0.1) is 0 Å². The maximum Gasteiger partial charge on any atom is 0.147 e. The minimum absolute atomic E-state index is 0.0614. The number of aliphatic hydroxyl groups excluding tert-OH is 1. The highest BCUT2D eigenvalue weighted by Crippen LogP contribution is 2.22. The van der Waals surface area contributed by atoms with Gasteiger partial charge in [0.2, 0.25) is 0 Å². The molecule has 2 rings (SSSR count). The maximum absolute atomic E-state index is 13.4. The molecule has 0 bridgehead atoms. The minimum Gasteiger partial charge on any atom is -0.382 e. The van der Waals surface area contributed by atoms with Crippen molar-refractivity contribution in [2.45, 2.75) is 13.0 Å². The number of rotatable bonds is 2. The van der Waals surface area contributed by atoms with Crippen molar-refractivity contribution in [3.8, 4) is 0 Å². The van der Waals surface area contributed by atoms with E-state index in [4.69, 9.17) is 0 Å². The summed E-state index contributed by atoms with van der Waals surface area (Å²) in [6, 6.07) is 10.1. The van der Waals surface area contributed by atoms with Crippen LogP contribution >= 0.6 is 0 Å². The molecule has 1 atom stereocenters. The first-order valence-electron chi connectivity index (χ1n) is 5.03. The van der Waals surface area contributed by atoms with Crippen LogP contribution in [0.3, 0.4) is 0 Å². The second kappa shape index (κ2) is 4.41. The van der Waals surface area contributed by atoms with Crippen LogP contribution in [0.25, 0.3) is 0 Å². The molecular weight excluding hydrogens is 205 g/mol. The van der Waals surface area contributed by atoms with Gasteiger partial charge in [0.15, 0.2) is 0 Å². The summed E-state index contributed by atoms with van der Waals surface area (Å²) in [6.45, 7) is 1.96. The van der Waals surface area contributed by atoms with Gasteiger partial charge in [0.05, 0.1) is 0 Å². The Morgan fingerprint density at radius 3 is 2.50 bits per heavy atom. The summed E-state index contributed by atoms with van der Waals surface area (Å²) in [5.74, 6) is -0.490. The Morgan fingerprint density at radius 2 is 1.88 bits per heavy atom. The Labute approximate surface area is 93.4 Å². The summed E-state index contributed by atoms with van der Waals surface area (Å²) in [6.07, 6.45) is 0.456. The average molecular weight is 217 g/mol. The van der Waals surface area contributed by atoms with E-state index in [9.17, 15) is 9.50 Å². The summed E-state index contributed by atoms with van der Waals surface area (Å²) in [7, 11) is 0. The number of pyridine rings is 1. The molecule has 0 saturated heterocycles. The van der Waals surface area contributed by atoms with Crippen molar-refractivity contribution >= 4 is 0 Å². The monoisotopic (exact) mass is 217 g/mol. The van der Waals surface area contributed by atoms with E-state index in [-0.39, 0.29) is 5.69 Å². The number of aryl methyl sites for hydroxylation is 1. The van der Waals surface area contributed by atoms with Crippen LogP contribution < -0.4 is 0 Å². The van der Waals surface area contributed by atoms with Crippen LogP contribution in [0.2, 0.25) is 0 Å². The van der Waals surface area contributed by atoms with Crippen molar-refractivity contribution in [2.24, 2.45) is 0 Å². The van der Waals surface area contributed by atoms with Crippen molar-refractivity contribution in [3.05, 3.63) is 65.2 Å². The number of aliphatic hydroxyl groups is 1. The molecule has 1 N–H and O–H groups in total. The number of aromatic nitrogens is 1. The predicted molar refractivity (Wildman–Crippen MR) is 59.4 cm³/mol. The first-order valence-corrected chi connectivity index (χ1v) is 5.03. The highest BCUT2D eigenvalue weighted by atomic mass is 19.1. The average Bonchev–Trinajstić information content (AvgIpc) is 2.30. The van der Waals surface area contributed by atoms with Crippen molar-refractivity contribution in [1.29, 1.82) is 0 Å². The Bertz CT molecular complexity index is 482. The van der Waals surface area contributed by atoms with Gasteiger partial charge in [0.25, 0.3) is 0 Å². The molecule has 2 aromatic rings. The van der Waals surface area contributed by atoms with Crippen LogP contribution in [0.15, 0.2) is 42.6 Å². The van der Waals surface area contributed by atoms with Crippen molar-refractivity contribution < 1.29 is 9.50 Å². The lowest BCUT2D eigenvalue weighted by Gasteiger charge is -2.11. The van der Waals surface area contributed by atoms with E-state index in [1.54, 1.807) is 12.1 Å². The number of benzene rings is 1. The van der Waals surface area contributed by atoms with E-state index in [1.807, 2.05) is 19.1 Å². The van der Waals surface area contributed by atoms with Crippen LogP contribution in [0.4, 0.5) is 4.39 Å². The van der Waals surface area contributed by atoms with Crippen LogP contribution in [0.5, 0.6) is 0 Å². The smallest absolute Gasteiger partial charge is 0.147 e. The molecule has 2 nitrogen and oxygen atoms in total. The summed E-state index contributed by atoms with van der Waals surface area (Å²) in [5.41, 5.74) is 1.80. The van der Waals surface area contributed by atoms with Gasteiger partial charge in [-0.2, -0.15) is 0 Å². The van der Waals surface area contributed by atoms with E-state index in [1.165, 1.54) is 18.3 Å². The molecule has 0 saturated carbocycles. The second-order valence-electron chi connectivity index (χ2n) is 3.68. The minimum atomic E-state index is -1.01. The molecule has 1 heterocycles. The third kappa shape index (κ3) is 2.09. The molecule has 1 aromatic heterocycles. The number of hydrogen-bond donors (Lipinski definition) is 1. The van der Waals surface area contributed by atoms with Gasteiger partial charge in [-0.25, -0.2) is 4.39 Å². The zero-order valence-electron chi connectivity index (χ0n) is 8.89. The molecule has 0 fully saturated rings. The lowest BCUT2D eigenvalue weighted by Crippen LogP contribution is -2.04. The molecule has 1 aromatic carbocycles. The van der Waals surface area contributed by atoms with Gasteiger partial charge < -0.3 is 5.11 Å². The molecule has 16 heavy (non-hydrogen) atoms. The van der Waals surface area contributed by atoms with Crippen LogP contribution in [-0.4, -0.2) is 10.1 Å². The maximum atomic E-state index is 13.4. The lowest BCUT2D eigenvalue weighted by atomic mass is 10.0. The standard InChI is InChI=1S/C13H12FNO/c1-9-4-6-10(7-5-9)13(16)12-11(14)3-2-8-15-12/h2-8,13,16H,1H3. The van der Waals surface area contributed by atoms with E-state index in [0.29, 0.717) is 5.56 Å². The molecule has 0 spiro atoms. The first-order chi connectivity index (χ1) is 7.68. The quantitative estimate of drug-likeness (QED) is 0.838. The predicted octanol–water partition coefficient (Wildman–Crippen LogP) is 2.61. The van der Waals surface area contributed by atoms with E-state index in [2.05, 4.69) is 4.98 Å². The third-order valence-electron chi connectivity index (χ3n) is 2.44. The fourth-order valence-corrected chi connectivity index (χ4v) is 1.51. The van der Waals surface area contributed by atoms with E-state index < -0.39 is 11.9 Å². The Kier molecular flexibility index (Phi) is 2.97. The molecule has 1 unspecified atom stereocenters. The Hall–Kier alpha value is -1.74. The van der Waals surface area contributed by atoms with Crippen LogP contribution in [0.1, 0.15) is 22.9 Å². The number of nitrogens with zero attached hydrogens (tertiary/aromatic N) is 1. The van der Waals surface area contributed by atoms with E-state index >= 15 is 0 Å². The topological polar surface area (TPSA) is 33.1 Å². The summed E-state index contributed by atoms with van der Waals surface area (Å²) >= 11 is 0. The van der Waals surface area contributed by atoms with Gasteiger partial charge in [-0.1, -0.05) is 29.8 Å². The lowest BCUT2D eigenvalue weighted by molar-refractivity contribution is 0.209. The second-order valence-corrected chi connectivity index (χ2v) is 3.68. The highest BCUT2D eigenvalue weighted by Gasteiger charge is 2.15. The molecule has 0 aliphatic rings. The summed E-state index contributed by atoms with van der Waals surface area (Å²) < 4.78 is 13.4. The Morgan fingerprint density at radius 1 is 1.19 bits per heavy atom. The fourth-order valence-electron chi connectivity index (χ4n) is 1.51. The first kappa shape index (κ1) is 10.8. The molecule has 0 radical (unpaired) electrons. The molecule has 3 heteroatoms. The van der Waals surface area contributed by atoms with Crippen LogP contribution in [-0.2, 0) is 0 Å². The molecular formula is C13H12FNO. The summed E-state index contributed by atoms with van der Waals surface area (Å²) in [4.78, 5) is 3.85. The van der Waals surface area contributed by atoms with Gasteiger partial charge in [0, 0.05) is 6.20 Å². The number of hydrogen-bond acceptors (Lipinski definition) is 2. The largest absolute Gasteiger partial charge is 0.382 e. The normalized spacial score (nSPS) is 12.4. The SMILES string of the molecule is Cc1ccc(C(O)c2ncccc2F)cc1. The van der Waals surface area contributed by atoms with Gasteiger partial charge in [-0.3, -0.25) is 4.98 Å². The molecule has 0 aliphatic carbocycles. The fraction of sp³-hybridized carbons (Fsp3) is 0.154. The van der Waals surface area contributed by atoms with Gasteiger partial charge >= 0.3 is 0 Å². The highest BCUT2D eigenvalue weighted by molar-refractivity contribution is 5.28. The summed E-state index contributed by atoms with van der Waals surface area (Å²) in [5, 5.41) is 9.96. The zero-order valence-corrected chi connectivity index (χ0v) is 8.89. The molecule has 0 amide bonds.